The minimum absolute atomic E-state index is 0.245. The zero-order valence-corrected chi connectivity index (χ0v) is 20.5. The van der Waals surface area contributed by atoms with Gasteiger partial charge in [-0.3, -0.25) is 0 Å². The Morgan fingerprint density at radius 3 is 2.32 bits per heavy atom. The molecular weight excluding hydrogens is 466 g/mol. The van der Waals surface area contributed by atoms with Crippen molar-refractivity contribution in [2.45, 2.75) is 39.2 Å². The zero-order chi connectivity index (χ0) is 25.6. The first-order valence-corrected chi connectivity index (χ1v) is 12.3. The van der Waals surface area contributed by atoms with Gasteiger partial charge in [0.2, 0.25) is 5.82 Å². The van der Waals surface area contributed by atoms with E-state index < -0.39 is 5.97 Å². The normalized spacial score (nSPS) is 11.1. The molecule has 0 saturated heterocycles. The van der Waals surface area contributed by atoms with Gasteiger partial charge in [-0.15, -0.1) is 10.2 Å². The highest BCUT2D eigenvalue weighted by Crippen LogP contribution is 2.30. The standard InChI is InChI=1S/C28H27N7O2/c1-2-3-4-9-25-29-27(21-14-16-22(17-15-21)28(36)37)35(32-25)18-19-10-12-20(13-11-19)23-7-5-6-8-24(23)26-30-33-34-31-26/h5-8,10-17H,2-4,9,18H2,1H3,(H,36,37)(H,30,31,33,34). The molecule has 0 fully saturated rings. The molecule has 0 radical (unpaired) electrons. The summed E-state index contributed by atoms with van der Waals surface area (Å²) in [6, 6.07) is 23.1. The van der Waals surface area contributed by atoms with Crippen LogP contribution in [0.25, 0.3) is 33.9 Å². The Labute approximate surface area is 214 Å². The average molecular weight is 494 g/mol. The third kappa shape index (κ3) is 5.45. The molecule has 0 aliphatic rings. The van der Waals surface area contributed by atoms with Gasteiger partial charge in [-0.05, 0) is 40.5 Å². The van der Waals surface area contributed by atoms with E-state index in [1.54, 1.807) is 24.3 Å². The summed E-state index contributed by atoms with van der Waals surface area (Å²) in [7, 11) is 0. The van der Waals surface area contributed by atoms with Gasteiger partial charge in [-0.1, -0.05) is 80.4 Å². The molecule has 0 bridgehead atoms. The van der Waals surface area contributed by atoms with Crippen LogP contribution < -0.4 is 0 Å². The van der Waals surface area contributed by atoms with Crippen molar-refractivity contribution in [2.75, 3.05) is 0 Å². The van der Waals surface area contributed by atoms with Crippen LogP contribution in [0.15, 0.2) is 72.8 Å². The van der Waals surface area contributed by atoms with Crippen molar-refractivity contribution in [3.63, 3.8) is 0 Å². The van der Waals surface area contributed by atoms with Crippen LogP contribution in [0.1, 0.15) is 47.9 Å². The third-order valence-electron chi connectivity index (χ3n) is 6.22. The van der Waals surface area contributed by atoms with Crippen molar-refractivity contribution in [3.8, 4) is 33.9 Å². The van der Waals surface area contributed by atoms with Gasteiger partial charge in [0.15, 0.2) is 11.6 Å². The van der Waals surface area contributed by atoms with Crippen molar-refractivity contribution in [2.24, 2.45) is 0 Å². The van der Waals surface area contributed by atoms with Crippen LogP contribution in [-0.4, -0.2) is 46.5 Å². The number of aromatic carboxylic acids is 1. The number of rotatable bonds is 10. The zero-order valence-electron chi connectivity index (χ0n) is 20.5. The fraction of sp³-hybridized carbons (Fsp3) is 0.214. The van der Waals surface area contributed by atoms with E-state index in [9.17, 15) is 9.90 Å². The summed E-state index contributed by atoms with van der Waals surface area (Å²) < 4.78 is 1.90. The molecule has 5 aromatic rings. The van der Waals surface area contributed by atoms with Crippen LogP contribution in [-0.2, 0) is 13.0 Å². The van der Waals surface area contributed by atoms with Crippen molar-refractivity contribution < 1.29 is 9.90 Å². The van der Waals surface area contributed by atoms with Crippen LogP contribution in [0.3, 0.4) is 0 Å². The number of tetrazole rings is 1. The van der Waals surface area contributed by atoms with E-state index in [0.717, 1.165) is 65.1 Å². The number of carboxylic acid groups (broad SMARTS) is 1. The minimum atomic E-state index is -0.950. The molecule has 0 spiro atoms. The third-order valence-corrected chi connectivity index (χ3v) is 6.22. The Kier molecular flexibility index (Phi) is 7.12. The highest BCUT2D eigenvalue weighted by atomic mass is 16.4. The van der Waals surface area contributed by atoms with Crippen molar-refractivity contribution in [3.05, 3.63) is 89.7 Å². The van der Waals surface area contributed by atoms with E-state index in [1.807, 2.05) is 28.9 Å². The Bertz CT molecular complexity index is 1470. The monoisotopic (exact) mass is 493 g/mol. The minimum Gasteiger partial charge on any atom is -0.478 e. The van der Waals surface area contributed by atoms with Gasteiger partial charge in [0.25, 0.3) is 0 Å². The number of hydrogen-bond donors (Lipinski definition) is 2. The fourth-order valence-corrected chi connectivity index (χ4v) is 4.28. The summed E-state index contributed by atoms with van der Waals surface area (Å²) in [5.74, 6) is 1.14. The largest absolute Gasteiger partial charge is 0.478 e. The van der Waals surface area contributed by atoms with Crippen molar-refractivity contribution in [1.29, 1.82) is 0 Å². The smallest absolute Gasteiger partial charge is 0.335 e. The fourth-order valence-electron chi connectivity index (χ4n) is 4.28. The Morgan fingerprint density at radius 1 is 0.919 bits per heavy atom. The molecule has 9 heteroatoms. The second-order valence-corrected chi connectivity index (χ2v) is 8.83. The molecule has 2 heterocycles. The molecule has 5 rings (SSSR count). The SMILES string of the molecule is CCCCCc1nc(-c2ccc(C(=O)O)cc2)n(Cc2ccc(-c3ccccc3-c3nn[nH]n3)cc2)n1. The van der Waals surface area contributed by atoms with Crippen molar-refractivity contribution >= 4 is 5.97 Å². The lowest BCUT2D eigenvalue weighted by Gasteiger charge is -2.09. The van der Waals surface area contributed by atoms with Gasteiger partial charge in [0.1, 0.15) is 0 Å². The van der Waals surface area contributed by atoms with Gasteiger partial charge >= 0.3 is 5.97 Å². The lowest BCUT2D eigenvalue weighted by atomic mass is 9.98. The summed E-state index contributed by atoms with van der Waals surface area (Å²) in [5.41, 5.74) is 5.14. The van der Waals surface area contributed by atoms with Gasteiger partial charge < -0.3 is 5.11 Å². The quantitative estimate of drug-likeness (QED) is 0.254. The van der Waals surface area contributed by atoms with Crippen molar-refractivity contribution in [1.82, 2.24) is 35.4 Å². The van der Waals surface area contributed by atoms with E-state index in [2.05, 4.69) is 51.8 Å². The topological polar surface area (TPSA) is 122 Å². The first-order chi connectivity index (χ1) is 18.1. The predicted octanol–water partition coefficient (Wildman–Crippen LogP) is 5.27. The van der Waals surface area contributed by atoms with E-state index >= 15 is 0 Å². The van der Waals surface area contributed by atoms with E-state index in [1.165, 1.54) is 0 Å². The lowest BCUT2D eigenvalue weighted by molar-refractivity contribution is 0.0697. The number of nitrogens with zero attached hydrogens (tertiary/aromatic N) is 6. The van der Waals surface area contributed by atoms with Gasteiger partial charge in [-0.2, -0.15) is 10.3 Å². The number of aromatic nitrogens is 7. The summed E-state index contributed by atoms with van der Waals surface area (Å²) in [6.07, 6.45) is 4.11. The molecule has 37 heavy (non-hydrogen) atoms. The number of unbranched alkanes of at least 4 members (excludes halogenated alkanes) is 2. The number of hydrogen-bond acceptors (Lipinski definition) is 6. The molecule has 0 aliphatic heterocycles. The van der Waals surface area contributed by atoms with Gasteiger partial charge in [0, 0.05) is 17.5 Å². The number of benzene rings is 3. The molecule has 9 nitrogen and oxygen atoms in total. The van der Waals surface area contributed by atoms with E-state index in [0.29, 0.717) is 12.4 Å². The second-order valence-electron chi connectivity index (χ2n) is 8.83. The molecule has 0 atom stereocenters. The molecule has 3 aromatic carbocycles. The molecule has 0 saturated carbocycles. The number of H-pyrrole nitrogens is 1. The summed E-state index contributed by atoms with van der Waals surface area (Å²) >= 11 is 0. The highest BCUT2D eigenvalue weighted by Gasteiger charge is 2.15. The summed E-state index contributed by atoms with van der Waals surface area (Å²) in [5, 5.41) is 28.5. The Morgan fingerprint density at radius 2 is 1.65 bits per heavy atom. The van der Waals surface area contributed by atoms with Gasteiger partial charge in [-0.25, -0.2) is 14.5 Å². The van der Waals surface area contributed by atoms with Crippen LogP contribution in [0, 0.1) is 0 Å². The maximum atomic E-state index is 11.3. The van der Waals surface area contributed by atoms with Crippen LogP contribution in [0.2, 0.25) is 0 Å². The Balaban J connectivity index is 1.42. The lowest BCUT2D eigenvalue weighted by Crippen LogP contribution is -2.05. The molecule has 2 N–H and O–H groups in total. The van der Waals surface area contributed by atoms with Crippen LogP contribution >= 0.6 is 0 Å². The van der Waals surface area contributed by atoms with Gasteiger partial charge in [0.05, 0.1) is 12.1 Å². The molecular formula is C28H27N7O2. The van der Waals surface area contributed by atoms with E-state index in [4.69, 9.17) is 10.1 Å². The van der Waals surface area contributed by atoms with Crippen LogP contribution in [0.5, 0.6) is 0 Å². The molecule has 0 amide bonds. The number of aromatic amines is 1. The number of nitrogens with one attached hydrogen (secondary N) is 1. The summed E-state index contributed by atoms with van der Waals surface area (Å²) in [6.45, 7) is 2.72. The first kappa shape index (κ1) is 24.1. The summed E-state index contributed by atoms with van der Waals surface area (Å²) in [4.78, 5) is 16.1. The number of carboxylic acids is 1. The molecule has 0 aliphatic carbocycles. The highest BCUT2D eigenvalue weighted by molar-refractivity contribution is 5.88. The predicted molar refractivity (Wildman–Crippen MR) is 140 cm³/mol. The number of aryl methyl sites for hydroxylation is 1. The maximum Gasteiger partial charge on any atom is 0.335 e. The Hall–Kier alpha value is -4.66. The van der Waals surface area contributed by atoms with E-state index in [-0.39, 0.29) is 5.56 Å². The maximum absolute atomic E-state index is 11.3. The molecule has 186 valence electrons. The molecule has 2 aromatic heterocycles. The first-order valence-electron chi connectivity index (χ1n) is 12.3. The van der Waals surface area contributed by atoms with Crippen LogP contribution in [0.4, 0.5) is 0 Å². The average Bonchev–Trinajstić information content (AvgIpc) is 3.60. The molecule has 0 unspecified atom stereocenters. The number of carbonyl (C=O) groups is 1. The second kappa shape index (κ2) is 10.9.